The Bertz CT molecular complexity index is 242. The van der Waals surface area contributed by atoms with Crippen molar-refractivity contribution in [1.82, 2.24) is 0 Å². The third-order valence-electron chi connectivity index (χ3n) is 2.53. The van der Waals surface area contributed by atoms with Gasteiger partial charge in [0, 0.05) is 10.2 Å². The summed E-state index contributed by atoms with van der Waals surface area (Å²) in [5.74, 6) is 0. The third-order valence-corrected chi connectivity index (χ3v) is 6.39. The smallest absolute Gasteiger partial charge is 0.0654 e. The molecule has 0 saturated heterocycles. The SMILES string of the molecule is C[Si](C)(CCC[Si])c1ccccc1. The van der Waals surface area contributed by atoms with E-state index >= 15 is 0 Å². The van der Waals surface area contributed by atoms with Gasteiger partial charge in [-0.3, -0.25) is 0 Å². The van der Waals surface area contributed by atoms with Crippen molar-refractivity contribution in [3.8, 4) is 0 Å². The Hall–Kier alpha value is -0.346. The van der Waals surface area contributed by atoms with Crippen LogP contribution < -0.4 is 5.19 Å². The Morgan fingerprint density at radius 1 is 1.15 bits per heavy atom. The largest absolute Gasteiger partial charge is 0.0806 e. The van der Waals surface area contributed by atoms with Crippen LogP contribution in [0, 0.1) is 0 Å². The molecule has 0 atom stereocenters. The van der Waals surface area contributed by atoms with E-state index in [-0.39, 0.29) is 0 Å². The first-order valence-electron chi connectivity index (χ1n) is 4.87. The van der Waals surface area contributed by atoms with Gasteiger partial charge in [-0.1, -0.05) is 67.1 Å². The molecule has 13 heavy (non-hydrogen) atoms. The zero-order chi connectivity index (χ0) is 9.73. The molecule has 0 aliphatic heterocycles. The minimum Gasteiger partial charge on any atom is -0.0654 e. The standard InChI is InChI=1S/C11H17Si2/c1-13(2,10-6-9-12)11-7-4-3-5-8-11/h3-5,7-8H,6,9-10H2,1-2H3. The summed E-state index contributed by atoms with van der Waals surface area (Å²) in [4.78, 5) is 0. The summed E-state index contributed by atoms with van der Waals surface area (Å²) in [6.45, 7) is 4.90. The second-order valence-corrected chi connectivity index (χ2v) is 9.45. The molecule has 1 aromatic rings. The fraction of sp³-hybridized carbons (Fsp3) is 0.455. The van der Waals surface area contributed by atoms with Crippen LogP contribution in [0.3, 0.4) is 0 Å². The maximum atomic E-state index is 3.54. The van der Waals surface area contributed by atoms with Crippen LogP contribution in [-0.4, -0.2) is 18.3 Å². The molecule has 1 rings (SSSR count). The monoisotopic (exact) mass is 205 g/mol. The molecular weight excluding hydrogens is 188 g/mol. The Balaban J connectivity index is 2.69. The second kappa shape index (κ2) is 4.77. The summed E-state index contributed by atoms with van der Waals surface area (Å²) in [5, 5.41) is 1.58. The molecule has 0 nitrogen and oxygen atoms in total. The number of rotatable bonds is 4. The summed E-state index contributed by atoms with van der Waals surface area (Å²) in [6.07, 6.45) is 1.30. The first-order valence-corrected chi connectivity index (χ1v) is 8.78. The summed E-state index contributed by atoms with van der Waals surface area (Å²) < 4.78 is 0. The van der Waals surface area contributed by atoms with Crippen molar-refractivity contribution in [2.75, 3.05) is 0 Å². The normalized spacial score (nSPS) is 11.6. The van der Waals surface area contributed by atoms with E-state index in [2.05, 4.69) is 53.7 Å². The first-order chi connectivity index (χ1) is 6.17. The number of benzene rings is 1. The molecule has 0 bridgehead atoms. The first kappa shape index (κ1) is 10.7. The molecule has 0 unspecified atom stereocenters. The highest BCUT2D eigenvalue weighted by Gasteiger charge is 2.21. The molecule has 0 heterocycles. The van der Waals surface area contributed by atoms with Gasteiger partial charge in [0.05, 0.1) is 8.07 Å². The lowest BCUT2D eigenvalue weighted by molar-refractivity contribution is 1.05. The fourth-order valence-electron chi connectivity index (χ4n) is 1.56. The van der Waals surface area contributed by atoms with Gasteiger partial charge in [0.15, 0.2) is 0 Å². The molecule has 0 fully saturated rings. The van der Waals surface area contributed by atoms with Crippen molar-refractivity contribution in [3.63, 3.8) is 0 Å². The molecule has 0 amide bonds. The van der Waals surface area contributed by atoms with Crippen LogP contribution in [0.4, 0.5) is 0 Å². The van der Waals surface area contributed by atoms with Gasteiger partial charge in [0.25, 0.3) is 0 Å². The Morgan fingerprint density at radius 3 is 2.31 bits per heavy atom. The molecule has 0 aliphatic carbocycles. The van der Waals surface area contributed by atoms with E-state index in [0.717, 1.165) is 6.04 Å². The zero-order valence-electron chi connectivity index (χ0n) is 8.51. The van der Waals surface area contributed by atoms with Crippen LogP contribution in [0.15, 0.2) is 30.3 Å². The summed E-state index contributed by atoms with van der Waals surface area (Å²) in [5.41, 5.74) is 0. The predicted octanol–water partition coefficient (Wildman–Crippen LogP) is 2.58. The van der Waals surface area contributed by atoms with Gasteiger partial charge < -0.3 is 0 Å². The number of hydrogen-bond acceptors (Lipinski definition) is 0. The quantitative estimate of drug-likeness (QED) is 0.663. The van der Waals surface area contributed by atoms with Gasteiger partial charge in [0.1, 0.15) is 0 Å². The molecule has 1 aromatic carbocycles. The van der Waals surface area contributed by atoms with Crippen LogP contribution in [0.2, 0.25) is 25.2 Å². The van der Waals surface area contributed by atoms with Crippen LogP contribution in [0.5, 0.6) is 0 Å². The molecule has 69 valence electrons. The molecular formula is C11H17Si2. The van der Waals surface area contributed by atoms with Crippen molar-refractivity contribution in [3.05, 3.63) is 30.3 Å². The van der Waals surface area contributed by atoms with E-state index in [9.17, 15) is 0 Å². The highest BCUT2D eigenvalue weighted by atomic mass is 28.3. The molecule has 2 heteroatoms. The van der Waals surface area contributed by atoms with Gasteiger partial charge in [-0.15, -0.1) is 0 Å². The molecule has 0 aromatic heterocycles. The zero-order valence-corrected chi connectivity index (χ0v) is 10.5. The van der Waals surface area contributed by atoms with Crippen molar-refractivity contribution in [2.45, 2.75) is 31.6 Å². The van der Waals surface area contributed by atoms with Crippen molar-refractivity contribution < 1.29 is 0 Å². The lowest BCUT2D eigenvalue weighted by Gasteiger charge is -2.22. The van der Waals surface area contributed by atoms with E-state index in [4.69, 9.17) is 0 Å². The number of hydrogen-bond donors (Lipinski definition) is 0. The molecule has 0 N–H and O–H groups in total. The molecule has 0 saturated carbocycles. The van der Waals surface area contributed by atoms with Crippen LogP contribution in [0.1, 0.15) is 6.42 Å². The lowest BCUT2D eigenvalue weighted by atomic mass is 10.4. The van der Waals surface area contributed by atoms with Gasteiger partial charge in [0.2, 0.25) is 0 Å². The Kier molecular flexibility index (Phi) is 3.94. The maximum absolute atomic E-state index is 3.54. The summed E-state index contributed by atoms with van der Waals surface area (Å²) >= 11 is 0. The topological polar surface area (TPSA) is 0 Å². The van der Waals surface area contributed by atoms with Crippen molar-refractivity contribution >= 4 is 23.5 Å². The third kappa shape index (κ3) is 3.12. The van der Waals surface area contributed by atoms with Crippen LogP contribution in [0.25, 0.3) is 0 Å². The highest BCUT2D eigenvalue weighted by molar-refractivity contribution is 6.89. The second-order valence-electron chi connectivity index (χ2n) is 4.10. The van der Waals surface area contributed by atoms with E-state index in [1.807, 2.05) is 0 Å². The van der Waals surface area contributed by atoms with Crippen molar-refractivity contribution in [2.24, 2.45) is 0 Å². The molecule has 0 spiro atoms. The average Bonchev–Trinajstić information content (AvgIpc) is 2.16. The van der Waals surface area contributed by atoms with Crippen molar-refractivity contribution in [1.29, 1.82) is 0 Å². The minimum atomic E-state index is -1.13. The lowest BCUT2D eigenvalue weighted by Crippen LogP contribution is -2.40. The van der Waals surface area contributed by atoms with Crippen LogP contribution in [-0.2, 0) is 0 Å². The maximum Gasteiger partial charge on any atom is 0.0806 e. The van der Waals surface area contributed by atoms with Gasteiger partial charge >= 0.3 is 0 Å². The van der Waals surface area contributed by atoms with Gasteiger partial charge in [-0.05, 0) is 0 Å². The Morgan fingerprint density at radius 2 is 1.77 bits per heavy atom. The van der Waals surface area contributed by atoms with Gasteiger partial charge in [-0.25, -0.2) is 0 Å². The fourth-order valence-corrected chi connectivity index (χ4v) is 4.54. The summed E-state index contributed by atoms with van der Waals surface area (Å²) in [7, 11) is 2.41. The average molecular weight is 205 g/mol. The molecule has 3 radical (unpaired) electrons. The Labute approximate surface area is 85.8 Å². The summed E-state index contributed by atoms with van der Waals surface area (Å²) in [6, 6.07) is 13.5. The van der Waals surface area contributed by atoms with E-state index in [0.29, 0.717) is 0 Å². The van der Waals surface area contributed by atoms with E-state index < -0.39 is 8.07 Å². The van der Waals surface area contributed by atoms with E-state index in [1.165, 1.54) is 12.5 Å². The van der Waals surface area contributed by atoms with Crippen LogP contribution >= 0.6 is 0 Å². The van der Waals surface area contributed by atoms with Gasteiger partial charge in [-0.2, -0.15) is 0 Å². The minimum absolute atomic E-state index is 1.13. The predicted molar refractivity (Wildman–Crippen MR) is 63.5 cm³/mol. The van der Waals surface area contributed by atoms with E-state index in [1.54, 1.807) is 5.19 Å². The molecule has 0 aliphatic rings. The highest BCUT2D eigenvalue weighted by Crippen LogP contribution is 2.13.